The van der Waals surface area contributed by atoms with Gasteiger partial charge in [0.15, 0.2) is 0 Å². The summed E-state index contributed by atoms with van der Waals surface area (Å²) in [6.45, 7) is -1.53. The van der Waals surface area contributed by atoms with Gasteiger partial charge in [0, 0.05) is 11.6 Å². The number of nitrogens with one attached hydrogen (secondary N) is 2. The van der Waals surface area contributed by atoms with Crippen LogP contribution in [0.1, 0.15) is 11.6 Å². The summed E-state index contributed by atoms with van der Waals surface area (Å²) in [4.78, 5) is 24.6. The van der Waals surface area contributed by atoms with Crippen molar-refractivity contribution >= 4 is 23.4 Å². The van der Waals surface area contributed by atoms with Gasteiger partial charge in [0.1, 0.15) is 6.54 Å². The molecule has 1 rings (SSSR count). The monoisotopic (exact) mass is 351 g/mol. The van der Waals surface area contributed by atoms with Crippen LogP contribution in [0.3, 0.4) is 0 Å². The molecule has 5 nitrogen and oxygen atoms in total. The van der Waals surface area contributed by atoms with E-state index in [4.69, 9.17) is 11.6 Å². The Balaban J connectivity index is 2.64. The summed E-state index contributed by atoms with van der Waals surface area (Å²) in [6.07, 6.45) is -4.57. The van der Waals surface area contributed by atoms with E-state index in [1.165, 1.54) is 5.32 Å². The number of carbonyl (C=O) groups excluding carboxylic acids is 2. The molecular formula is C14H17ClF3N3O2. The van der Waals surface area contributed by atoms with Crippen molar-refractivity contribution < 1.29 is 22.8 Å². The van der Waals surface area contributed by atoms with Gasteiger partial charge in [0.05, 0.1) is 6.04 Å². The molecule has 0 saturated heterocycles. The van der Waals surface area contributed by atoms with Crippen LogP contribution in [0.4, 0.5) is 13.2 Å². The lowest BCUT2D eigenvalue weighted by atomic mass is 10.1. The summed E-state index contributed by atoms with van der Waals surface area (Å²) in [6, 6.07) is 6.65. The summed E-state index contributed by atoms with van der Waals surface area (Å²) >= 11 is 6.10. The smallest absolute Gasteiger partial charge is 0.346 e. The lowest BCUT2D eigenvalue weighted by Crippen LogP contribution is -2.45. The van der Waals surface area contributed by atoms with Crippen molar-refractivity contribution in [1.82, 2.24) is 15.5 Å². The van der Waals surface area contributed by atoms with Crippen molar-refractivity contribution in [2.24, 2.45) is 0 Å². The Morgan fingerprint density at radius 3 is 2.26 bits per heavy atom. The zero-order valence-corrected chi connectivity index (χ0v) is 13.3. The van der Waals surface area contributed by atoms with Crippen LogP contribution in [0.15, 0.2) is 24.3 Å². The van der Waals surface area contributed by atoms with Crippen molar-refractivity contribution in [3.05, 3.63) is 34.9 Å². The standard InChI is InChI=1S/C14H17ClF3N3O2/c1-21(2)11(9-5-3-4-6-10(9)15)7-19-12(22)13(23)20-8-14(16,17)18/h3-6,11H,7-8H2,1-2H3,(H,19,22)(H,20,23)/t11-/m0/s1. The summed E-state index contributed by atoms with van der Waals surface area (Å²) in [7, 11) is 3.51. The number of nitrogens with zero attached hydrogens (tertiary/aromatic N) is 1. The number of likely N-dealkylation sites (N-methyl/N-ethyl adjacent to an activating group) is 1. The van der Waals surface area contributed by atoms with Crippen molar-refractivity contribution in [3.63, 3.8) is 0 Å². The predicted octanol–water partition coefficient (Wildman–Crippen LogP) is 1.74. The number of hydrogen-bond donors (Lipinski definition) is 2. The molecule has 1 atom stereocenters. The second-order valence-electron chi connectivity index (χ2n) is 5.01. The maximum atomic E-state index is 12.0. The Bertz CT molecular complexity index is 564. The number of halogens is 4. The molecule has 0 aromatic heterocycles. The van der Waals surface area contributed by atoms with Crippen LogP contribution in [0.5, 0.6) is 0 Å². The van der Waals surface area contributed by atoms with Gasteiger partial charge in [-0.15, -0.1) is 0 Å². The fourth-order valence-electron chi connectivity index (χ4n) is 1.85. The first-order valence-electron chi connectivity index (χ1n) is 6.65. The zero-order chi connectivity index (χ0) is 17.6. The van der Waals surface area contributed by atoms with Gasteiger partial charge in [0.2, 0.25) is 0 Å². The van der Waals surface area contributed by atoms with E-state index in [0.717, 1.165) is 5.56 Å². The van der Waals surface area contributed by atoms with Crippen LogP contribution in [0.2, 0.25) is 5.02 Å². The third-order valence-corrected chi connectivity index (χ3v) is 3.34. The minimum absolute atomic E-state index is 0.0228. The molecule has 0 unspecified atom stereocenters. The number of amides is 2. The van der Waals surface area contributed by atoms with E-state index < -0.39 is 24.5 Å². The van der Waals surface area contributed by atoms with E-state index in [1.807, 2.05) is 0 Å². The Morgan fingerprint density at radius 1 is 1.17 bits per heavy atom. The lowest BCUT2D eigenvalue weighted by Gasteiger charge is -2.25. The maximum absolute atomic E-state index is 12.0. The first-order chi connectivity index (χ1) is 10.6. The van der Waals surface area contributed by atoms with Gasteiger partial charge in [-0.1, -0.05) is 29.8 Å². The Morgan fingerprint density at radius 2 is 1.74 bits per heavy atom. The van der Waals surface area contributed by atoms with Gasteiger partial charge in [-0.2, -0.15) is 13.2 Å². The molecule has 0 bridgehead atoms. The van der Waals surface area contributed by atoms with E-state index >= 15 is 0 Å². The van der Waals surface area contributed by atoms with Crippen LogP contribution in [-0.2, 0) is 9.59 Å². The highest BCUT2D eigenvalue weighted by molar-refractivity contribution is 6.35. The van der Waals surface area contributed by atoms with E-state index in [0.29, 0.717) is 5.02 Å². The quantitative estimate of drug-likeness (QED) is 0.794. The Kier molecular flexibility index (Phi) is 6.83. The molecule has 0 saturated carbocycles. The van der Waals surface area contributed by atoms with Crippen molar-refractivity contribution in [2.45, 2.75) is 12.2 Å². The molecule has 1 aromatic carbocycles. The zero-order valence-electron chi connectivity index (χ0n) is 12.6. The van der Waals surface area contributed by atoms with Crippen LogP contribution in [0, 0.1) is 0 Å². The minimum atomic E-state index is -4.57. The number of rotatable bonds is 5. The summed E-state index contributed by atoms with van der Waals surface area (Å²) < 4.78 is 36.0. The molecule has 0 fully saturated rings. The minimum Gasteiger partial charge on any atom is -0.346 e. The second kappa shape index (κ2) is 8.16. The number of alkyl halides is 3. The summed E-state index contributed by atoms with van der Waals surface area (Å²) in [5, 5.41) is 4.31. The van der Waals surface area contributed by atoms with E-state index in [2.05, 4.69) is 5.32 Å². The topological polar surface area (TPSA) is 61.4 Å². The summed E-state index contributed by atoms with van der Waals surface area (Å²) in [5.74, 6) is -2.47. The molecule has 2 N–H and O–H groups in total. The van der Waals surface area contributed by atoms with Crippen molar-refractivity contribution in [3.8, 4) is 0 Å². The van der Waals surface area contributed by atoms with Crippen molar-refractivity contribution in [1.29, 1.82) is 0 Å². The number of hydrogen-bond acceptors (Lipinski definition) is 3. The van der Waals surface area contributed by atoms with Crippen molar-refractivity contribution in [2.75, 3.05) is 27.2 Å². The van der Waals surface area contributed by atoms with Gasteiger partial charge in [-0.3, -0.25) is 9.59 Å². The fraction of sp³-hybridized carbons (Fsp3) is 0.429. The third kappa shape index (κ3) is 6.45. The predicted molar refractivity (Wildman–Crippen MR) is 80.0 cm³/mol. The summed E-state index contributed by atoms with van der Waals surface area (Å²) in [5.41, 5.74) is 0.732. The Hall–Kier alpha value is -1.80. The molecule has 9 heteroatoms. The van der Waals surface area contributed by atoms with Gasteiger partial charge in [-0.25, -0.2) is 0 Å². The molecule has 0 aliphatic heterocycles. The SMILES string of the molecule is CN(C)[C@@H](CNC(=O)C(=O)NCC(F)(F)F)c1ccccc1Cl. The third-order valence-electron chi connectivity index (χ3n) is 3.00. The maximum Gasteiger partial charge on any atom is 0.405 e. The van der Waals surface area contributed by atoms with Gasteiger partial charge in [-0.05, 0) is 25.7 Å². The fourth-order valence-corrected chi connectivity index (χ4v) is 2.11. The van der Waals surface area contributed by atoms with Gasteiger partial charge in [0.25, 0.3) is 0 Å². The highest BCUT2D eigenvalue weighted by Gasteiger charge is 2.29. The second-order valence-corrected chi connectivity index (χ2v) is 5.42. The van der Waals surface area contributed by atoms with Gasteiger partial charge < -0.3 is 15.5 Å². The molecule has 1 aromatic rings. The molecule has 0 aliphatic carbocycles. The average molecular weight is 352 g/mol. The molecule has 23 heavy (non-hydrogen) atoms. The normalized spacial score (nSPS) is 12.8. The van der Waals surface area contributed by atoms with Gasteiger partial charge >= 0.3 is 18.0 Å². The lowest BCUT2D eigenvalue weighted by molar-refractivity contribution is -0.146. The number of carbonyl (C=O) groups is 2. The van der Waals surface area contributed by atoms with Crippen LogP contribution < -0.4 is 10.6 Å². The van der Waals surface area contributed by atoms with Crippen LogP contribution in [-0.4, -0.2) is 50.1 Å². The molecule has 0 spiro atoms. The first-order valence-corrected chi connectivity index (χ1v) is 7.03. The molecule has 0 aliphatic rings. The highest BCUT2D eigenvalue weighted by Crippen LogP contribution is 2.25. The number of benzene rings is 1. The average Bonchev–Trinajstić information content (AvgIpc) is 2.45. The van der Waals surface area contributed by atoms with Crippen LogP contribution in [0.25, 0.3) is 0 Å². The van der Waals surface area contributed by atoms with E-state index in [-0.39, 0.29) is 12.6 Å². The molecule has 128 valence electrons. The molecule has 0 heterocycles. The highest BCUT2D eigenvalue weighted by atomic mass is 35.5. The largest absolute Gasteiger partial charge is 0.405 e. The Labute approximate surface area is 136 Å². The van der Waals surface area contributed by atoms with E-state index in [1.54, 1.807) is 43.3 Å². The molecule has 2 amide bonds. The molecular weight excluding hydrogens is 335 g/mol. The molecule has 0 radical (unpaired) electrons. The van der Waals surface area contributed by atoms with Crippen LogP contribution >= 0.6 is 11.6 Å². The van der Waals surface area contributed by atoms with E-state index in [9.17, 15) is 22.8 Å². The first kappa shape index (κ1) is 19.2.